The van der Waals surface area contributed by atoms with Crippen LogP contribution in [0.3, 0.4) is 0 Å². The second-order valence-corrected chi connectivity index (χ2v) is 14.8. The van der Waals surface area contributed by atoms with Crippen LogP contribution in [0.1, 0.15) is 116 Å². The quantitative estimate of drug-likeness (QED) is 0.375. The standard InChI is InChI=1S/C30H45O5P/c1-27(2,3)21-15-25(31)23(29(7,8)9)13-19(21)17-34-36(33)35-18-20-14-24(30(10,11)12)26(32)16-22(20)28(4,5)6/h13-16H,17-18H2,1-12H3,(H-,31,32)/p+1. The number of hydrogen-bond acceptors (Lipinski definition) is 5. The van der Waals surface area contributed by atoms with Crippen LogP contribution in [0, 0.1) is 0 Å². The van der Waals surface area contributed by atoms with Crippen molar-refractivity contribution in [1.29, 1.82) is 0 Å². The molecule has 36 heavy (non-hydrogen) atoms. The van der Waals surface area contributed by atoms with Gasteiger partial charge in [-0.15, -0.1) is 9.05 Å². The highest BCUT2D eigenvalue weighted by atomic mass is 31.1. The van der Waals surface area contributed by atoms with Gasteiger partial charge in [0.05, 0.1) is 0 Å². The van der Waals surface area contributed by atoms with E-state index < -0.39 is 8.25 Å². The minimum absolute atomic E-state index is 0.111. The SMILES string of the molecule is CC(C)(C)c1cc(CO[P+](=O)OCc2cc(C(C)(C)C)c(O)cc2C(C)(C)C)c(C(C)(C)C)cc1O. The van der Waals surface area contributed by atoms with E-state index in [1.807, 2.05) is 53.7 Å². The van der Waals surface area contributed by atoms with E-state index >= 15 is 0 Å². The number of phenolic OH excluding ortho intramolecular Hbond substituents is 2. The van der Waals surface area contributed by atoms with Crippen molar-refractivity contribution in [2.24, 2.45) is 0 Å². The monoisotopic (exact) mass is 517 g/mol. The summed E-state index contributed by atoms with van der Waals surface area (Å²) in [4.78, 5) is 0. The van der Waals surface area contributed by atoms with E-state index in [1.165, 1.54) is 0 Å². The van der Waals surface area contributed by atoms with Crippen LogP contribution >= 0.6 is 8.25 Å². The molecule has 2 rings (SSSR count). The van der Waals surface area contributed by atoms with Gasteiger partial charge in [0.25, 0.3) is 0 Å². The van der Waals surface area contributed by atoms with Crippen molar-refractivity contribution in [3.05, 3.63) is 57.6 Å². The highest BCUT2D eigenvalue weighted by Crippen LogP contribution is 2.41. The first-order valence-electron chi connectivity index (χ1n) is 12.6. The van der Waals surface area contributed by atoms with E-state index in [9.17, 15) is 14.8 Å². The summed E-state index contributed by atoms with van der Waals surface area (Å²) in [6.45, 7) is 24.9. The fourth-order valence-corrected chi connectivity index (χ4v) is 4.95. The number of phenols is 2. The van der Waals surface area contributed by atoms with Crippen LogP contribution in [0.5, 0.6) is 11.5 Å². The zero-order valence-electron chi connectivity index (χ0n) is 24.3. The highest BCUT2D eigenvalue weighted by molar-refractivity contribution is 7.33. The molecular weight excluding hydrogens is 471 g/mol. The Hall–Kier alpha value is -1.94. The fraction of sp³-hybridized carbons (Fsp3) is 0.600. The third-order valence-corrected chi connectivity index (χ3v) is 7.01. The molecule has 2 N–H and O–H groups in total. The number of aromatic hydroxyl groups is 2. The van der Waals surface area contributed by atoms with Gasteiger partial charge >= 0.3 is 8.25 Å². The van der Waals surface area contributed by atoms with Gasteiger partial charge in [-0.2, -0.15) is 0 Å². The lowest BCUT2D eigenvalue weighted by atomic mass is 9.79. The van der Waals surface area contributed by atoms with Crippen molar-refractivity contribution in [2.45, 2.75) is 118 Å². The van der Waals surface area contributed by atoms with Crippen molar-refractivity contribution in [1.82, 2.24) is 0 Å². The normalized spacial score (nSPS) is 13.2. The second-order valence-electron chi connectivity index (χ2n) is 13.8. The van der Waals surface area contributed by atoms with Gasteiger partial charge in [0.1, 0.15) is 24.7 Å². The van der Waals surface area contributed by atoms with Crippen molar-refractivity contribution >= 4 is 8.25 Å². The Balaban J connectivity index is 2.29. The summed E-state index contributed by atoms with van der Waals surface area (Å²) in [6, 6.07) is 7.50. The molecule has 0 aliphatic rings. The number of rotatable bonds is 6. The largest absolute Gasteiger partial charge is 0.698 e. The summed E-state index contributed by atoms with van der Waals surface area (Å²) in [5, 5.41) is 21.3. The molecule has 0 aliphatic heterocycles. The van der Waals surface area contributed by atoms with E-state index in [2.05, 4.69) is 41.5 Å². The minimum atomic E-state index is -2.39. The van der Waals surface area contributed by atoms with E-state index in [1.54, 1.807) is 12.1 Å². The van der Waals surface area contributed by atoms with E-state index in [0.29, 0.717) is 0 Å². The molecular formula is C30H46O5P+. The van der Waals surface area contributed by atoms with Crippen molar-refractivity contribution in [3.63, 3.8) is 0 Å². The molecule has 6 heteroatoms. The Kier molecular flexibility index (Phi) is 8.78. The molecule has 0 atom stereocenters. The molecule has 2 aromatic rings. The summed E-state index contributed by atoms with van der Waals surface area (Å²) >= 11 is 0. The van der Waals surface area contributed by atoms with Gasteiger partial charge in [0.2, 0.25) is 0 Å². The predicted molar refractivity (Wildman–Crippen MR) is 148 cm³/mol. The van der Waals surface area contributed by atoms with Crippen molar-refractivity contribution in [3.8, 4) is 11.5 Å². The van der Waals surface area contributed by atoms with E-state index in [0.717, 1.165) is 33.4 Å². The maximum absolute atomic E-state index is 12.8. The minimum Gasteiger partial charge on any atom is -0.508 e. The van der Waals surface area contributed by atoms with Gasteiger partial charge < -0.3 is 10.2 Å². The molecule has 0 unspecified atom stereocenters. The van der Waals surface area contributed by atoms with Gasteiger partial charge in [-0.05, 0) is 79.3 Å². The van der Waals surface area contributed by atoms with Crippen LogP contribution in [0.4, 0.5) is 0 Å². The maximum atomic E-state index is 12.8. The Morgan fingerprint density at radius 2 is 0.833 bits per heavy atom. The molecule has 0 spiro atoms. The Bertz CT molecular complexity index is 1020. The average molecular weight is 518 g/mol. The molecule has 2 aromatic carbocycles. The molecule has 0 amide bonds. The Morgan fingerprint density at radius 3 is 1.08 bits per heavy atom. The lowest BCUT2D eigenvalue weighted by molar-refractivity contribution is 0.210. The van der Waals surface area contributed by atoms with Gasteiger partial charge in [-0.3, -0.25) is 0 Å². The van der Waals surface area contributed by atoms with Crippen LogP contribution < -0.4 is 0 Å². The van der Waals surface area contributed by atoms with Gasteiger partial charge in [0.15, 0.2) is 0 Å². The van der Waals surface area contributed by atoms with Crippen LogP contribution in [-0.4, -0.2) is 10.2 Å². The van der Waals surface area contributed by atoms with Crippen molar-refractivity contribution < 1.29 is 23.8 Å². The number of hydrogen-bond donors (Lipinski definition) is 2. The average Bonchev–Trinajstić information content (AvgIpc) is 2.68. The third kappa shape index (κ3) is 7.54. The molecule has 5 nitrogen and oxygen atoms in total. The lowest BCUT2D eigenvalue weighted by Crippen LogP contribution is -2.18. The molecule has 0 saturated carbocycles. The molecule has 0 saturated heterocycles. The lowest BCUT2D eigenvalue weighted by Gasteiger charge is -2.27. The van der Waals surface area contributed by atoms with Gasteiger partial charge in [0, 0.05) is 4.57 Å². The molecule has 0 bridgehead atoms. The van der Waals surface area contributed by atoms with Crippen LogP contribution in [-0.2, 0) is 48.5 Å². The van der Waals surface area contributed by atoms with E-state index in [-0.39, 0.29) is 46.4 Å². The molecule has 200 valence electrons. The zero-order chi connectivity index (χ0) is 27.9. The number of benzene rings is 2. The van der Waals surface area contributed by atoms with Gasteiger partial charge in [-0.1, -0.05) is 83.1 Å². The maximum Gasteiger partial charge on any atom is 0.698 e. The van der Waals surface area contributed by atoms with Gasteiger partial charge in [-0.25, -0.2) is 0 Å². The topological polar surface area (TPSA) is 76.0 Å². The summed E-state index contributed by atoms with van der Waals surface area (Å²) in [5.41, 5.74) is 4.34. The van der Waals surface area contributed by atoms with Crippen LogP contribution in [0.15, 0.2) is 24.3 Å². The van der Waals surface area contributed by atoms with Crippen LogP contribution in [0.25, 0.3) is 0 Å². The molecule has 0 aliphatic carbocycles. The Morgan fingerprint density at radius 1 is 0.556 bits per heavy atom. The summed E-state index contributed by atoms with van der Waals surface area (Å²) in [7, 11) is -2.39. The summed E-state index contributed by atoms with van der Waals surface area (Å²) in [6.07, 6.45) is 0. The summed E-state index contributed by atoms with van der Waals surface area (Å²) in [5.74, 6) is 0.516. The first-order chi connectivity index (χ1) is 16.1. The first-order valence-corrected chi connectivity index (χ1v) is 13.7. The zero-order valence-corrected chi connectivity index (χ0v) is 25.2. The first kappa shape index (κ1) is 30.3. The smallest absolute Gasteiger partial charge is 0.508 e. The molecule has 0 fully saturated rings. The summed E-state index contributed by atoms with van der Waals surface area (Å²) < 4.78 is 24.2. The van der Waals surface area contributed by atoms with E-state index in [4.69, 9.17) is 9.05 Å². The fourth-order valence-electron chi connectivity index (χ4n) is 4.38. The molecule has 0 aromatic heterocycles. The third-order valence-electron chi connectivity index (χ3n) is 6.33. The van der Waals surface area contributed by atoms with Crippen molar-refractivity contribution in [2.75, 3.05) is 0 Å². The molecule has 0 radical (unpaired) electrons. The molecule has 0 heterocycles. The Labute approximate surface area is 219 Å². The second kappa shape index (κ2) is 10.4. The van der Waals surface area contributed by atoms with Crippen LogP contribution in [0.2, 0.25) is 0 Å². The predicted octanol–water partition coefficient (Wildman–Crippen LogP) is 8.68. The highest BCUT2D eigenvalue weighted by Gasteiger charge is 2.30.